The van der Waals surface area contributed by atoms with Gasteiger partial charge in [-0.15, -0.1) is 11.3 Å². The molecule has 158 valence electrons. The lowest BCUT2D eigenvalue weighted by atomic mass is 10.0. The van der Waals surface area contributed by atoms with Crippen LogP contribution < -0.4 is 0 Å². The van der Waals surface area contributed by atoms with E-state index in [4.69, 9.17) is 4.98 Å². The highest BCUT2D eigenvalue weighted by molar-refractivity contribution is 7.21. The lowest BCUT2D eigenvalue weighted by Gasteiger charge is -2.19. The molecule has 1 amide bonds. The highest BCUT2D eigenvalue weighted by atomic mass is 32.1. The van der Waals surface area contributed by atoms with E-state index in [1.807, 2.05) is 81.8 Å². The van der Waals surface area contributed by atoms with E-state index >= 15 is 0 Å². The van der Waals surface area contributed by atoms with Crippen LogP contribution >= 0.6 is 11.3 Å². The summed E-state index contributed by atoms with van der Waals surface area (Å²) in [4.78, 5) is 21.3. The Kier molecular flexibility index (Phi) is 6.02. The molecule has 0 unspecified atom stereocenters. The lowest BCUT2D eigenvalue weighted by molar-refractivity contribution is 0.0786. The molecule has 0 spiro atoms. The van der Waals surface area contributed by atoms with E-state index in [1.54, 1.807) is 11.0 Å². The van der Waals surface area contributed by atoms with Crippen molar-refractivity contribution < 1.29 is 9.90 Å². The smallest absolute Gasteiger partial charge is 0.253 e. The largest absolute Gasteiger partial charge is 0.507 e. The maximum atomic E-state index is 12.8. The van der Waals surface area contributed by atoms with Crippen LogP contribution in [0.2, 0.25) is 0 Å². The normalized spacial score (nSPS) is 11.2. The molecule has 1 heterocycles. The van der Waals surface area contributed by atoms with E-state index in [1.165, 1.54) is 11.3 Å². The van der Waals surface area contributed by atoms with Crippen molar-refractivity contribution in [2.24, 2.45) is 0 Å². The van der Waals surface area contributed by atoms with Gasteiger partial charge in [-0.25, -0.2) is 4.98 Å². The number of likely N-dealkylation sites (N-methyl/N-ethyl adjacent to an activating group) is 2. The number of hydrogen-bond acceptors (Lipinski definition) is 5. The van der Waals surface area contributed by atoms with Crippen molar-refractivity contribution in [1.29, 1.82) is 0 Å². The van der Waals surface area contributed by atoms with E-state index in [2.05, 4.69) is 4.90 Å². The number of amides is 1. The second kappa shape index (κ2) is 8.88. The summed E-state index contributed by atoms with van der Waals surface area (Å²) in [6.07, 6.45) is 0. The predicted octanol–water partition coefficient (Wildman–Crippen LogP) is 4.97. The van der Waals surface area contributed by atoms with Crippen LogP contribution in [0.25, 0.3) is 31.9 Å². The molecule has 0 atom stereocenters. The fourth-order valence-corrected chi connectivity index (χ4v) is 4.39. The molecule has 0 aliphatic rings. The van der Waals surface area contributed by atoms with Crippen LogP contribution in [0.4, 0.5) is 0 Å². The van der Waals surface area contributed by atoms with Crippen molar-refractivity contribution in [3.05, 3.63) is 72.3 Å². The quantitative estimate of drug-likeness (QED) is 0.468. The average Bonchev–Trinajstić information content (AvgIpc) is 3.21. The molecule has 0 saturated carbocycles. The number of thiazole rings is 1. The van der Waals surface area contributed by atoms with Crippen molar-refractivity contribution in [2.45, 2.75) is 0 Å². The third kappa shape index (κ3) is 4.60. The topological polar surface area (TPSA) is 56.7 Å². The van der Waals surface area contributed by atoms with Crippen molar-refractivity contribution in [3.63, 3.8) is 0 Å². The first-order chi connectivity index (χ1) is 14.9. The monoisotopic (exact) mass is 431 g/mol. The zero-order valence-electron chi connectivity index (χ0n) is 17.9. The Labute approximate surface area is 186 Å². The molecule has 1 aromatic heterocycles. The molecule has 0 radical (unpaired) electrons. The number of phenols is 1. The lowest BCUT2D eigenvalue weighted by Crippen LogP contribution is -2.33. The fourth-order valence-electron chi connectivity index (χ4n) is 3.36. The number of phenolic OH excluding ortho intramolecular Hbond substituents is 1. The van der Waals surface area contributed by atoms with E-state index in [9.17, 15) is 9.90 Å². The second-order valence-corrected chi connectivity index (χ2v) is 8.86. The predicted molar refractivity (Wildman–Crippen MR) is 128 cm³/mol. The van der Waals surface area contributed by atoms with Crippen molar-refractivity contribution >= 4 is 27.5 Å². The number of aromatic hydroxyl groups is 1. The molecule has 0 bridgehead atoms. The molecular formula is C25H25N3O2S. The minimum absolute atomic E-state index is 0.00683. The van der Waals surface area contributed by atoms with Crippen LogP contribution in [0.1, 0.15) is 10.4 Å². The third-order valence-corrected chi connectivity index (χ3v) is 6.25. The number of benzene rings is 3. The summed E-state index contributed by atoms with van der Waals surface area (Å²) >= 11 is 1.48. The molecule has 0 aliphatic carbocycles. The highest BCUT2D eigenvalue weighted by Crippen LogP contribution is 2.38. The standard InChI is InChI=1S/C25H25N3O2S/c1-27(2)13-14-28(3)25(30)19-9-11-21-23(16-19)31-24(26-21)20-15-18(10-12-22(20)29)17-7-5-4-6-8-17/h4-12,15-16,29H,13-14H2,1-3H3. The summed E-state index contributed by atoms with van der Waals surface area (Å²) in [7, 11) is 5.80. The second-order valence-electron chi connectivity index (χ2n) is 7.83. The SMILES string of the molecule is CN(C)CCN(C)C(=O)c1ccc2nc(-c3cc(-c4ccccc4)ccc3O)sc2c1. The van der Waals surface area contributed by atoms with Gasteiger partial charge in [-0.1, -0.05) is 36.4 Å². The van der Waals surface area contributed by atoms with Crippen molar-refractivity contribution in [1.82, 2.24) is 14.8 Å². The van der Waals surface area contributed by atoms with Crippen LogP contribution in [0, 0.1) is 0 Å². The first-order valence-electron chi connectivity index (χ1n) is 10.1. The van der Waals surface area contributed by atoms with Crippen LogP contribution in [0.3, 0.4) is 0 Å². The molecule has 4 rings (SSSR count). The summed E-state index contributed by atoms with van der Waals surface area (Å²) in [5, 5.41) is 11.2. The number of rotatable bonds is 6. The van der Waals surface area contributed by atoms with Gasteiger partial charge in [0.05, 0.1) is 15.8 Å². The van der Waals surface area contributed by atoms with Gasteiger partial charge in [0.1, 0.15) is 10.8 Å². The van der Waals surface area contributed by atoms with Crippen LogP contribution in [-0.2, 0) is 0 Å². The summed E-state index contributed by atoms with van der Waals surface area (Å²) < 4.78 is 0.923. The minimum Gasteiger partial charge on any atom is -0.507 e. The number of aromatic nitrogens is 1. The van der Waals surface area contributed by atoms with Gasteiger partial charge in [-0.05, 0) is 55.6 Å². The Morgan fingerprint density at radius 3 is 2.45 bits per heavy atom. The molecule has 4 aromatic rings. The Balaban J connectivity index is 1.65. The van der Waals surface area contributed by atoms with Gasteiger partial charge in [0.2, 0.25) is 0 Å². The number of fused-ring (bicyclic) bond motifs is 1. The number of hydrogen-bond donors (Lipinski definition) is 1. The molecular weight excluding hydrogens is 406 g/mol. The maximum absolute atomic E-state index is 12.8. The van der Waals surface area contributed by atoms with E-state index in [0.29, 0.717) is 17.7 Å². The summed E-state index contributed by atoms with van der Waals surface area (Å²) in [5.41, 5.74) is 4.26. The third-order valence-electron chi connectivity index (χ3n) is 5.20. The first kappa shape index (κ1) is 21.0. The number of carbonyl (C=O) groups is 1. The molecule has 5 nitrogen and oxygen atoms in total. The Hall–Kier alpha value is -3.22. The number of carbonyl (C=O) groups excluding carboxylic acids is 1. The summed E-state index contributed by atoms with van der Waals surface area (Å²) in [6, 6.07) is 21.2. The Bertz CT molecular complexity index is 1220. The molecule has 0 aliphatic heterocycles. The van der Waals surface area contributed by atoms with Crippen molar-refractivity contribution in [2.75, 3.05) is 34.2 Å². The van der Waals surface area contributed by atoms with E-state index < -0.39 is 0 Å². The molecule has 0 fully saturated rings. The van der Waals surface area contributed by atoms with Gasteiger partial charge < -0.3 is 14.9 Å². The van der Waals surface area contributed by atoms with E-state index in [-0.39, 0.29) is 11.7 Å². The average molecular weight is 432 g/mol. The van der Waals surface area contributed by atoms with Gasteiger partial charge in [0, 0.05) is 25.7 Å². The molecule has 6 heteroatoms. The highest BCUT2D eigenvalue weighted by Gasteiger charge is 2.16. The van der Waals surface area contributed by atoms with Crippen LogP contribution in [0.5, 0.6) is 5.75 Å². The molecule has 31 heavy (non-hydrogen) atoms. The maximum Gasteiger partial charge on any atom is 0.253 e. The zero-order chi connectivity index (χ0) is 22.0. The summed E-state index contributed by atoms with van der Waals surface area (Å²) in [6.45, 7) is 1.48. The molecule has 3 aromatic carbocycles. The minimum atomic E-state index is -0.00683. The zero-order valence-corrected chi connectivity index (χ0v) is 18.7. The van der Waals surface area contributed by atoms with Gasteiger partial charge in [0.25, 0.3) is 5.91 Å². The Morgan fingerprint density at radius 1 is 0.935 bits per heavy atom. The molecule has 1 N–H and O–H groups in total. The molecule has 0 saturated heterocycles. The van der Waals surface area contributed by atoms with Crippen LogP contribution in [-0.4, -0.2) is 60.0 Å². The first-order valence-corrected chi connectivity index (χ1v) is 10.9. The van der Waals surface area contributed by atoms with Gasteiger partial charge >= 0.3 is 0 Å². The van der Waals surface area contributed by atoms with Gasteiger partial charge in [-0.3, -0.25) is 4.79 Å². The van der Waals surface area contributed by atoms with E-state index in [0.717, 1.165) is 32.9 Å². The van der Waals surface area contributed by atoms with Gasteiger partial charge in [-0.2, -0.15) is 0 Å². The Morgan fingerprint density at radius 2 is 1.71 bits per heavy atom. The van der Waals surface area contributed by atoms with Gasteiger partial charge in [0.15, 0.2) is 0 Å². The van der Waals surface area contributed by atoms with Crippen LogP contribution in [0.15, 0.2) is 66.7 Å². The number of nitrogens with zero attached hydrogens (tertiary/aromatic N) is 3. The summed E-state index contributed by atoms with van der Waals surface area (Å²) in [5.74, 6) is 0.186. The fraction of sp³-hybridized carbons (Fsp3) is 0.200. The van der Waals surface area contributed by atoms with Crippen molar-refractivity contribution in [3.8, 4) is 27.4 Å².